The van der Waals surface area contributed by atoms with Crippen LogP contribution in [0.25, 0.3) is 0 Å². The van der Waals surface area contributed by atoms with Gasteiger partial charge >= 0.3 is 0 Å². The quantitative estimate of drug-likeness (QED) is 0.806. The molecule has 1 unspecified atom stereocenters. The summed E-state index contributed by atoms with van der Waals surface area (Å²) in [6.07, 6.45) is -0.441. The molecule has 0 spiro atoms. The van der Waals surface area contributed by atoms with Crippen molar-refractivity contribution in [3.8, 4) is 5.75 Å². The van der Waals surface area contributed by atoms with Crippen LogP contribution in [-0.2, 0) is 0 Å². The van der Waals surface area contributed by atoms with Crippen molar-refractivity contribution in [2.24, 2.45) is 0 Å². The second-order valence-corrected chi connectivity index (χ2v) is 3.87. The van der Waals surface area contributed by atoms with Crippen LogP contribution in [0.2, 0.25) is 0 Å². The van der Waals surface area contributed by atoms with Gasteiger partial charge in [0.2, 0.25) is 0 Å². The lowest BCUT2D eigenvalue weighted by atomic mass is 10.1. The van der Waals surface area contributed by atoms with Gasteiger partial charge in [0.15, 0.2) is 0 Å². The molecule has 0 aliphatic heterocycles. The molecule has 1 aromatic rings. The van der Waals surface area contributed by atoms with E-state index in [1.165, 1.54) is 13.2 Å². The number of aliphatic hydroxyl groups excluding tert-OH is 1. The third kappa shape index (κ3) is 3.47. The summed E-state index contributed by atoms with van der Waals surface area (Å²) in [5.74, 6) is 0.203. The number of rotatable bonds is 5. The summed E-state index contributed by atoms with van der Waals surface area (Å²) in [5.41, 5.74) is 0.571. The zero-order valence-electron chi connectivity index (χ0n) is 9.83. The van der Waals surface area contributed by atoms with E-state index in [1.807, 2.05) is 6.92 Å². The third-order valence-electron chi connectivity index (χ3n) is 2.39. The molecule has 3 nitrogen and oxygen atoms in total. The van der Waals surface area contributed by atoms with Crippen LogP contribution in [0, 0.1) is 5.82 Å². The molecule has 0 aliphatic carbocycles. The Labute approximate surface area is 95.2 Å². The van der Waals surface area contributed by atoms with Gasteiger partial charge in [-0.15, -0.1) is 0 Å². The SMILES string of the molecule is COc1ccc(C(C)NC[C@@H](C)O)c(F)c1. The fourth-order valence-corrected chi connectivity index (χ4v) is 1.44. The Balaban J connectivity index is 2.71. The van der Waals surface area contributed by atoms with Crippen LogP contribution in [0.1, 0.15) is 25.5 Å². The van der Waals surface area contributed by atoms with E-state index in [9.17, 15) is 4.39 Å². The van der Waals surface area contributed by atoms with Crippen LogP contribution in [0.3, 0.4) is 0 Å². The van der Waals surface area contributed by atoms with Gasteiger partial charge in [-0.05, 0) is 19.9 Å². The van der Waals surface area contributed by atoms with E-state index in [1.54, 1.807) is 19.1 Å². The Bertz CT molecular complexity index is 342. The number of methoxy groups -OCH3 is 1. The maximum Gasteiger partial charge on any atom is 0.131 e. The average molecular weight is 227 g/mol. The van der Waals surface area contributed by atoms with Gasteiger partial charge < -0.3 is 15.2 Å². The number of hydrogen-bond donors (Lipinski definition) is 2. The molecule has 0 aliphatic rings. The van der Waals surface area contributed by atoms with E-state index >= 15 is 0 Å². The first-order chi connectivity index (χ1) is 7.54. The first-order valence-corrected chi connectivity index (χ1v) is 5.29. The highest BCUT2D eigenvalue weighted by Crippen LogP contribution is 2.21. The predicted octanol–water partition coefficient (Wildman–Crippen LogP) is 1.87. The molecule has 4 heteroatoms. The highest BCUT2D eigenvalue weighted by atomic mass is 19.1. The van der Waals surface area contributed by atoms with Gasteiger partial charge in [-0.25, -0.2) is 4.39 Å². The topological polar surface area (TPSA) is 41.5 Å². The number of ether oxygens (including phenoxy) is 1. The minimum absolute atomic E-state index is 0.138. The van der Waals surface area contributed by atoms with Crippen LogP contribution >= 0.6 is 0 Å². The van der Waals surface area contributed by atoms with Crippen molar-refractivity contribution in [1.29, 1.82) is 0 Å². The van der Waals surface area contributed by atoms with Gasteiger partial charge in [-0.1, -0.05) is 6.07 Å². The average Bonchev–Trinajstić information content (AvgIpc) is 2.25. The van der Waals surface area contributed by atoms with Gasteiger partial charge in [0.05, 0.1) is 13.2 Å². The Kier molecular flexibility index (Phi) is 4.71. The first-order valence-electron chi connectivity index (χ1n) is 5.29. The first kappa shape index (κ1) is 12.9. The fourth-order valence-electron chi connectivity index (χ4n) is 1.44. The smallest absolute Gasteiger partial charge is 0.131 e. The van der Waals surface area contributed by atoms with Crippen molar-refractivity contribution in [3.05, 3.63) is 29.6 Å². The monoisotopic (exact) mass is 227 g/mol. The Morgan fingerprint density at radius 1 is 1.44 bits per heavy atom. The van der Waals surface area contributed by atoms with Crippen molar-refractivity contribution in [2.45, 2.75) is 26.0 Å². The number of nitrogens with one attached hydrogen (secondary N) is 1. The molecular formula is C12H18FNO2. The molecule has 90 valence electrons. The molecule has 0 amide bonds. The summed E-state index contributed by atoms with van der Waals surface area (Å²) in [7, 11) is 1.50. The standard InChI is InChI=1S/C12H18FNO2/c1-8(15)7-14-9(2)11-5-4-10(16-3)6-12(11)13/h4-6,8-9,14-15H,7H2,1-3H3/t8-,9?/m1/s1. The van der Waals surface area contributed by atoms with Gasteiger partial charge in [0.25, 0.3) is 0 Å². The minimum atomic E-state index is -0.441. The maximum atomic E-state index is 13.6. The summed E-state index contributed by atoms with van der Waals surface area (Å²) in [6.45, 7) is 3.98. The van der Waals surface area contributed by atoms with Crippen molar-refractivity contribution >= 4 is 0 Å². The molecule has 16 heavy (non-hydrogen) atoms. The summed E-state index contributed by atoms with van der Waals surface area (Å²) < 4.78 is 18.6. The normalized spacial score (nSPS) is 14.6. The molecule has 0 radical (unpaired) electrons. The molecule has 0 saturated carbocycles. The van der Waals surface area contributed by atoms with E-state index in [0.717, 1.165) is 0 Å². The van der Waals surface area contributed by atoms with Crippen LogP contribution in [0.4, 0.5) is 4.39 Å². The Morgan fingerprint density at radius 2 is 2.12 bits per heavy atom. The highest BCUT2D eigenvalue weighted by Gasteiger charge is 2.11. The van der Waals surface area contributed by atoms with Crippen LogP contribution in [-0.4, -0.2) is 24.9 Å². The molecule has 0 saturated heterocycles. The number of benzene rings is 1. The number of halogens is 1. The summed E-state index contributed by atoms with van der Waals surface area (Å²) in [5, 5.41) is 12.2. The maximum absolute atomic E-state index is 13.6. The lowest BCUT2D eigenvalue weighted by Crippen LogP contribution is -2.27. The summed E-state index contributed by atoms with van der Waals surface area (Å²) >= 11 is 0. The molecule has 0 aromatic heterocycles. The molecule has 1 aromatic carbocycles. The summed E-state index contributed by atoms with van der Waals surface area (Å²) in [6, 6.07) is 4.63. The minimum Gasteiger partial charge on any atom is -0.497 e. The molecule has 2 atom stereocenters. The van der Waals surface area contributed by atoms with E-state index in [4.69, 9.17) is 9.84 Å². The molecular weight excluding hydrogens is 209 g/mol. The molecule has 1 rings (SSSR count). The lowest BCUT2D eigenvalue weighted by molar-refractivity contribution is 0.187. The van der Waals surface area contributed by atoms with Gasteiger partial charge in [-0.2, -0.15) is 0 Å². The van der Waals surface area contributed by atoms with Crippen LogP contribution < -0.4 is 10.1 Å². The van der Waals surface area contributed by atoms with Crippen LogP contribution in [0.5, 0.6) is 5.75 Å². The second-order valence-electron chi connectivity index (χ2n) is 3.87. The zero-order chi connectivity index (χ0) is 12.1. The lowest BCUT2D eigenvalue weighted by Gasteiger charge is -2.16. The second kappa shape index (κ2) is 5.82. The molecule has 2 N–H and O–H groups in total. The molecule has 0 bridgehead atoms. The molecule has 0 fully saturated rings. The fraction of sp³-hybridized carbons (Fsp3) is 0.500. The Hall–Kier alpha value is -1.13. The number of aliphatic hydroxyl groups is 1. The highest BCUT2D eigenvalue weighted by molar-refractivity contribution is 5.30. The van der Waals surface area contributed by atoms with Crippen molar-refractivity contribution in [3.63, 3.8) is 0 Å². The summed E-state index contributed by atoms with van der Waals surface area (Å²) in [4.78, 5) is 0. The predicted molar refractivity (Wildman–Crippen MR) is 61.1 cm³/mol. The van der Waals surface area contributed by atoms with Crippen molar-refractivity contribution in [1.82, 2.24) is 5.32 Å². The van der Waals surface area contributed by atoms with Gasteiger partial charge in [-0.3, -0.25) is 0 Å². The number of hydrogen-bond acceptors (Lipinski definition) is 3. The van der Waals surface area contributed by atoms with Gasteiger partial charge in [0, 0.05) is 24.2 Å². The molecule has 0 heterocycles. The van der Waals surface area contributed by atoms with Crippen molar-refractivity contribution in [2.75, 3.05) is 13.7 Å². The third-order valence-corrected chi connectivity index (χ3v) is 2.39. The van der Waals surface area contributed by atoms with E-state index in [0.29, 0.717) is 17.9 Å². The van der Waals surface area contributed by atoms with Crippen molar-refractivity contribution < 1.29 is 14.2 Å². The van der Waals surface area contributed by atoms with Gasteiger partial charge in [0.1, 0.15) is 11.6 Å². The van der Waals surface area contributed by atoms with Crippen LogP contribution in [0.15, 0.2) is 18.2 Å². The van der Waals surface area contributed by atoms with E-state index in [-0.39, 0.29) is 11.9 Å². The van der Waals surface area contributed by atoms with E-state index < -0.39 is 6.10 Å². The zero-order valence-corrected chi connectivity index (χ0v) is 9.83. The Morgan fingerprint density at radius 3 is 2.62 bits per heavy atom. The van der Waals surface area contributed by atoms with E-state index in [2.05, 4.69) is 5.32 Å². The largest absolute Gasteiger partial charge is 0.497 e.